The summed E-state index contributed by atoms with van der Waals surface area (Å²) in [6, 6.07) is 0.661. The minimum atomic E-state index is 0.661. The van der Waals surface area contributed by atoms with Crippen molar-refractivity contribution in [1.29, 1.82) is 0 Å². The molecule has 1 nitrogen and oxygen atoms in total. The van der Waals surface area contributed by atoms with Crippen LogP contribution in [0.25, 0.3) is 0 Å². The summed E-state index contributed by atoms with van der Waals surface area (Å²) >= 11 is 0. The van der Waals surface area contributed by atoms with E-state index < -0.39 is 0 Å². The van der Waals surface area contributed by atoms with Gasteiger partial charge in [0.1, 0.15) is 0 Å². The lowest BCUT2D eigenvalue weighted by atomic mass is 9.49. The maximum Gasteiger partial charge on any atom is 0.00103 e. The van der Waals surface area contributed by atoms with E-state index in [1.54, 1.807) is 38.5 Å². The fraction of sp³-hybridized carbons (Fsp3) is 1.00. The highest BCUT2D eigenvalue weighted by Crippen LogP contribution is 2.61. The Morgan fingerprint density at radius 3 is 1.94 bits per heavy atom. The van der Waals surface area contributed by atoms with Crippen LogP contribution < -0.4 is 5.32 Å². The van der Waals surface area contributed by atoms with E-state index >= 15 is 0 Å². The normalized spacial score (nSPS) is 45.6. The summed E-state index contributed by atoms with van der Waals surface area (Å²) in [5, 5.41) is 3.62. The van der Waals surface area contributed by atoms with Crippen LogP contribution in [0.2, 0.25) is 0 Å². The van der Waals surface area contributed by atoms with E-state index in [1.165, 1.54) is 13.0 Å². The van der Waals surface area contributed by atoms with Gasteiger partial charge in [-0.3, -0.25) is 0 Å². The first-order valence-corrected chi connectivity index (χ1v) is 7.39. The fourth-order valence-corrected chi connectivity index (χ4v) is 5.22. The summed E-state index contributed by atoms with van der Waals surface area (Å²) in [6.07, 6.45) is 10.9. The molecule has 92 valence electrons. The van der Waals surface area contributed by atoms with Gasteiger partial charge < -0.3 is 5.32 Å². The van der Waals surface area contributed by atoms with Crippen LogP contribution in [0, 0.1) is 23.2 Å². The molecule has 0 atom stereocenters. The van der Waals surface area contributed by atoms with Crippen molar-refractivity contribution in [2.45, 2.75) is 64.8 Å². The van der Waals surface area contributed by atoms with Gasteiger partial charge >= 0.3 is 0 Å². The highest BCUT2D eigenvalue weighted by Gasteiger charge is 2.50. The van der Waals surface area contributed by atoms with E-state index in [-0.39, 0.29) is 0 Å². The molecule has 1 heteroatoms. The lowest BCUT2D eigenvalue weighted by Crippen LogP contribution is -2.47. The topological polar surface area (TPSA) is 12.0 Å². The molecule has 0 amide bonds. The molecular formula is C15H27N. The van der Waals surface area contributed by atoms with E-state index in [2.05, 4.69) is 19.2 Å². The second-order valence-corrected chi connectivity index (χ2v) is 7.28. The van der Waals surface area contributed by atoms with Gasteiger partial charge in [0.25, 0.3) is 0 Å². The summed E-state index contributed by atoms with van der Waals surface area (Å²) in [6.45, 7) is 5.78. The smallest absolute Gasteiger partial charge is 0.00103 e. The molecular weight excluding hydrogens is 194 g/mol. The Bertz CT molecular complexity index is 221. The Kier molecular flexibility index (Phi) is 2.78. The zero-order chi connectivity index (χ0) is 11.2. The number of rotatable bonds is 4. The van der Waals surface area contributed by atoms with Crippen LogP contribution in [0.15, 0.2) is 0 Å². The maximum atomic E-state index is 3.62. The molecule has 1 N–H and O–H groups in total. The van der Waals surface area contributed by atoms with Gasteiger partial charge in [-0.2, -0.15) is 0 Å². The zero-order valence-corrected chi connectivity index (χ0v) is 11.0. The van der Waals surface area contributed by atoms with Crippen LogP contribution in [0.5, 0.6) is 0 Å². The van der Waals surface area contributed by atoms with E-state index in [1.807, 2.05) is 0 Å². The minimum absolute atomic E-state index is 0.661. The first kappa shape index (κ1) is 11.1. The van der Waals surface area contributed by atoms with Gasteiger partial charge in [0, 0.05) is 6.04 Å². The van der Waals surface area contributed by atoms with Crippen LogP contribution >= 0.6 is 0 Å². The van der Waals surface area contributed by atoms with Gasteiger partial charge in [0.15, 0.2) is 0 Å². The Balaban J connectivity index is 1.60. The predicted molar refractivity (Wildman–Crippen MR) is 68.4 cm³/mol. The van der Waals surface area contributed by atoms with Gasteiger partial charge in [-0.05, 0) is 74.7 Å². The zero-order valence-electron chi connectivity index (χ0n) is 11.0. The number of hydrogen-bond donors (Lipinski definition) is 1. The largest absolute Gasteiger partial charge is 0.315 e. The summed E-state index contributed by atoms with van der Waals surface area (Å²) in [7, 11) is 0. The highest BCUT2D eigenvalue weighted by atomic mass is 14.9. The molecule has 0 spiro atoms. The van der Waals surface area contributed by atoms with Crippen molar-refractivity contribution in [3.8, 4) is 0 Å². The van der Waals surface area contributed by atoms with Gasteiger partial charge in [0.05, 0.1) is 0 Å². The third-order valence-corrected chi connectivity index (χ3v) is 5.37. The van der Waals surface area contributed by atoms with Crippen LogP contribution in [0.1, 0.15) is 58.8 Å². The Hall–Kier alpha value is -0.0400. The minimum Gasteiger partial charge on any atom is -0.315 e. The average Bonchev–Trinajstić information content (AvgIpc) is 2.13. The fourth-order valence-electron chi connectivity index (χ4n) is 5.22. The maximum absolute atomic E-state index is 3.62. The molecule has 0 unspecified atom stereocenters. The molecule has 0 aromatic carbocycles. The van der Waals surface area contributed by atoms with Crippen molar-refractivity contribution in [2.75, 3.05) is 6.54 Å². The molecule has 4 aliphatic rings. The SMILES string of the molecule is CC(C)NCCC12CC3CC(CC(C3)C1)C2. The molecule has 4 saturated carbocycles. The molecule has 0 radical (unpaired) electrons. The second-order valence-electron chi connectivity index (χ2n) is 7.28. The molecule has 0 aliphatic heterocycles. The first-order valence-electron chi connectivity index (χ1n) is 7.39. The highest BCUT2D eigenvalue weighted by molar-refractivity contribution is 5.01. The number of hydrogen-bond acceptors (Lipinski definition) is 1. The monoisotopic (exact) mass is 221 g/mol. The molecule has 16 heavy (non-hydrogen) atoms. The summed E-state index contributed by atoms with van der Waals surface area (Å²) < 4.78 is 0. The van der Waals surface area contributed by atoms with Crippen molar-refractivity contribution in [3.05, 3.63) is 0 Å². The molecule has 0 saturated heterocycles. The Morgan fingerprint density at radius 2 is 1.50 bits per heavy atom. The molecule has 0 heterocycles. The van der Waals surface area contributed by atoms with Crippen LogP contribution in [-0.4, -0.2) is 12.6 Å². The Labute approximate surface area is 100 Å². The van der Waals surface area contributed by atoms with E-state index in [4.69, 9.17) is 0 Å². The summed E-state index contributed by atoms with van der Waals surface area (Å²) in [5.41, 5.74) is 0.774. The van der Waals surface area contributed by atoms with Crippen molar-refractivity contribution < 1.29 is 0 Å². The third kappa shape index (κ3) is 2.03. The molecule has 4 aliphatic carbocycles. The first-order chi connectivity index (χ1) is 7.65. The van der Waals surface area contributed by atoms with Crippen molar-refractivity contribution >= 4 is 0 Å². The van der Waals surface area contributed by atoms with Crippen molar-refractivity contribution in [2.24, 2.45) is 23.2 Å². The third-order valence-electron chi connectivity index (χ3n) is 5.37. The molecule has 0 aromatic heterocycles. The van der Waals surface area contributed by atoms with Crippen molar-refractivity contribution in [3.63, 3.8) is 0 Å². The number of nitrogens with one attached hydrogen (secondary N) is 1. The summed E-state index contributed by atoms with van der Waals surface area (Å²) in [5.74, 6) is 3.35. The second kappa shape index (κ2) is 4.01. The van der Waals surface area contributed by atoms with Gasteiger partial charge in [0.2, 0.25) is 0 Å². The lowest BCUT2D eigenvalue weighted by Gasteiger charge is -2.57. The van der Waals surface area contributed by atoms with Gasteiger partial charge in [-0.25, -0.2) is 0 Å². The van der Waals surface area contributed by atoms with Crippen LogP contribution in [0.4, 0.5) is 0 Å². The predicted octanol–water partition coefficient (Wildman–Crippen LogP) is 3.59. The standard InChI is InChI=1S/C15H27N/c1-11(2)16-4-3-15-8-12-5-13(9-15)7-14(6-12)10-15/h11-14,16H,3-10H2,1-2H3. The quantitative estimate of drug-likeness (QED) is 0.765. The van der Waals surface area contributed by atoms with Gasteiger partial charge in [-0.15, -0.1) is 0 Å². The average molecular weight is 221 g/mol. The van der Waals surface area contributed by atoms with Crippen LogP contribution in [0.3, 0.4) is 0 Å². The molecule has 4 fully saturated rings. The summed E-state index contributed by atoms with van der Waals surface area (Å²) in [4.78, 5) is 0. The molecule has 0 aromatic rings. The van der Waals surface area contributed by atoms with E-state index in [9.17, 15) is 0 Å². The lowest BCUT2D eigenvalue weighted by molar-refractivity contribution is -0.0568. The van der Waals surface area contributed by atoms with Gasteiger partial charge in [-0.1, -0.05) is 13.8 Å². The van der Waals surface area contributed by atoms with Crippen LogP contribution in [-0.2, 0) is 0 Å². The molecule has 4 bridgehead atoms. The van der Waals surface area contributed by atoms with Crippen molar-refractivity contribution in [1.82, 2.24) is 5.32 Å². The Morgan fingerprint density at radius 1 is 1.00 bits per heavy atom. The van der Waals surface area contributed by atoms with E-state index in [0.717, 1.165) is 23.2 Å². The molecule has 4 rings (SSSR count). The van der Waals surface area contributed by atoms with E-state index in [0.29, 0.717) is 6.04 Å².